The van der Waals surface area contributed by atoms with E-state index in [0.717, 1.165) is 11.3 Å². The van der Waals surface area contributed by atoms with Crippen LogP contribution in [0.25, 0.3) is 0 Å². The highest BCUT2D eigenvalue weighted by Crippen LogP contribution is 2.23. The summed E-state index contributed by atoms with van der Waals surface area (Å²) >= 11 is 5.88. The fourth-order valence-corrected chi connectivity index (χ4v) is 2.65. The minimum atomic E-state index is 0.301. The Hall–Kier alpha value is -3.09. The Morgan fingerprint density at radius 1 is 1.14 bits per heavy atom. The standard InChI is InChI=1S/C21H20ClN3O3/c1-2-27-19-6-4-3-5-16(19)14-24-21(25-26)15-11-12-23-20(13-15)28-18-9-7-17(22)8-10-18/h3-13,26H,2,14H2,1H3,(H,24,25). The van der Waals surface area contributed by atoms with Crippen molar-refractivity contribution in [3.05, 3.63) is 83.0 Å². The molecule has 0 aliphatic carbocycles. The summed E-state index contributed by atoms with van der Waals surface area (Å²) in [5.74, 6) is 2.05. The van der Waals surface area contributed by atoms with Crippen LogP contribution in [0.1, 0.15) is 18.1 Å². The molecule has 0 atom stereocenters. The SMILES string of the molecule is CCOc1ccccc1CN=C(NO)c1ccnc(Oc2ccc(Cl)cc2)c1. The molecule has 3 aromatic rings. The quantitative estimate of drug-likeness (QED) is 0.338. The van der Waals surface area contributed by atoms with Gasteiger partial charge >= 0.3 is 0 Å². The largest absolute Gasteiger partial charge is 0.494 e. The molecule has 2 N–H and O–H groups in total. The first-order valence-electron chi connectivity index (χ1n) is 8.74. The van der Waals surface area contributed by atoms with Gasteiger partial charge in [0.1, 0.15) is 11.5 Å². The number of pyridine rings is 1. The van der Waals surface area contributed by atoms with Gasteiger partial charge in [0.2, 0.25) is 5.88 Å². The molecule has 0 saturated carbocycles. The highest BCUT2D eigenvalue weighted by atomic mass is 35.5. The zero-order valence-corrected chi connectivity index (χ0v) is 16.1. The monoisotopic (exact) mass is 397 g/mol. The number of halogens is 1. The first-order valence-corrected chi connectivity index (χ1v) is 9.12. The van der Waals surface area contributed by atoms with Crippen molar-refractivity contribution in [3.63, 3.8) is 0 Å². The van der Waals surface area contributed by atoms with Crippen molar-refractivity contribution in [2.45, 2.75) is 13.5 Å². The van der Waals surface area contributed by atoms with Gasteiger partial charge in [-0.2, -0.15) is 0 Å². The van der Waals surface area contributed by atoms with E-state index in [1.54, 1.807) is 42.6 Å². The third-order valence-electron chi connectivity index (χ3n) is 3.83. The van der Waals surface area contributed by atoms with Gasteiger partial charge in [0.25, 0.3) is 0 Å². The van der Waals surface area contributed by atoms with Crippen molar-refractivity contribution in [2.75, 3.05) is 6.61 Å². The lowest BCUT2D eigenvalue weighted by molar-refractivity contribution is 0.234. The molecular formula is C21H20ClN3O3. The van der Waals surface area contributed by atoms with Crippen LogP contribution in [-0.4, -0.2) is 22.6 Å². The lowest BCUT2D eigenvalue weighted by Crippen LogP contribution is -2.20. The Labute approximate surface area is 168 Å². The van der Waals surface area contributed by atoms with Crippen LogP contribution in [0, 0.1) is 0 Å². The molecule has 0 saturated heterocycles. The van der Waals surface area contributed by atoms with Gasteiger partial charge < -0.3 is 9.47 Å². The Balaban J connectivity index is 1.78. The van der Waals surface area contributed by atoms with Crippen LogP contribution in [0.3, 0.4) is 0 Å². The van der Waals surface area contributed by atoms with E-state index < -0.39 is 0 Å². The van der Waals surface area contributed by atoms with Crippen LogP contribution in [0.5, 0.6) is 17.4 Å². The number of nitrogens with one attached hydrogen (secondary N) is 1. The first-order chi connectivity index (χ1) is 13.7. The normalized spacial score (nSPS) is 11.2. The van der Waals surface area contributed by atoms with E-state index in [2.05, 4.69) is 15.5 Å². The number of aromatic nitrogens is 1. The Morgan fingerprint density at radius 2 is 1.93 bits per heavy atom. The number of nitrogens with zero attached hydrogens (tertiary/aromatic N) is 2. The van der Waals surface area contributed by atoms with Gasteiger partial charge in [-0.15, -0.1) is 0 Å². The second kappa shape index (κ2) is 9.73. The van der Waals surface area contributed by atoms with Gasteiger partial charge in [0.15, 0.2) is 5.84 Å². The molecule has 3 rings (SSSR count). The average molecular weight is 398 g/mol. The van der Waals surface area contributed by atoms with E-state index in [0.29, 0.717) is 41.2 Å². The lowest BCUT2D eigenvalue weighted by atomic mass is 10.2. The van der Waals surface area contributed by atoms with E-state index in [-0.39, 0.29) is 0 Å². The van der Waals surface area contributed by atoms with Gasteiger partial charge in [-0.1, -0.05) is 29.8 Å². The second-order valence-corrected chi connectivity index (χ2v) is 6.19. The topological polar surface area (TPSA) is 76.0 Å². The molecule has 28 heavy (non-hydrogen) atoms. The number of para-hydroxylation sites is 1. The van der Waals surface area contributed by atoms with Crippen LogP contribution in [0.4, 0.5) is 0 Å². The molecule has 0 aliphatic heterocycles. The lowest BCUT2D eigenvalue weighted by Gasteiger charge is -2.10. The molecule has 0 amide bonds. The summed E-state index contributed by atoms with van der Waals surface area (Å²) in [5.41, 5.74) is 3.70. The average Bonchev–Trinajstić information content (AvgIpc) is 2.72. The van der Waals surface area contributed by atoms with E-state index in [1.165, 1.54) is 0 Å². The minimum absolute atomic E-state index is 0.301. The van der Waals surface area contributed by atoms with Gasteiger partial charge in [-0.25, -0.2) is 4.98 Å². The number of hydrogen-bond acceptors (Lipinski definition) is 5. The van der Waals surface area contributed by atoms with Gasteiger partial charge in [0.05, 0.1) is 13.2 Å². The summed E-state index contributed by atoms with van der Waals surface area (Å²) < 4.78 is 11.3. The van der Waals surface area contributed by atoms with E-state index in [1.807, 2.05) is 31.2 Å². The summed E-state index contributed by atoms with van der Waals surface area (Å²) in [7, 11) is 0. The fourth-order valence-electron chi connectivity index (χ4n) is 2.52. The number of hydroxylamine groups is 1. The number of benzene rings is 2. The van der Waals surface area contributed by atoms with E-state index in [4.69, 9.17) is 21.1 Å². The summed E-state index contributed by atoms with van der Waals surface area (Å²) in [6.45, 7) is 2.84. The molecule has 0 radical (unpaired) electrons. The van der Waals surface area contributed by atoms with Crippen LogP contribution in [0.15, 0.2) is 71.9 Å². The van der Waals surface area contributed by atoms with Crippen LogP contribution in [0.2, 0.25) is 5.02 Å². The van der Waals surface area contributed by atoms with Gasteiger partial charge in [-0.3, -0.25) is 15.7 Å². The third kappa shape index (κ3) is 5.22. The maximum atomic E-state index is 9.55. The maximum absolute atomic E-state index is 9.55. The van der Waals surface area contributed by atoms with Crippen LogP contribution < -0.4 is 15.0 Å². The fraction of sp³-hybridized carbons (Fsp3) is 0.143. The molecule has 0 fully saturated rings. The number of aliphatic imine (C=N–C) groups is 1. The zero-order chi connectivity index (χ0) is 19.8. The Morgan fingerprint density at radius 3 is 2.68 bits per heavy atom. The predicted octanol–water partition coefficient (Wildman–Crippen LogP) is 4.85. The predicted molar refractivity (Wildman–Crippen MR) is 109 cm³/mol. The van der Waals surface area contributed by atoms with Crippen molar-refractivity contribution >= 4 is 17.4 Å². The molecule has 0 spiro atoms. The minimum Gasteiger partial charge on any atom is -0.494 e. The zero-order valence-electron chi connectivity index (χ0n) is 15.3. The molecule has 144 valence electrons. The molecule has 2 aromatic carbocycles. The van der Waals surface area contributed by atoms with Crippen molar-refractivity contribution in [2.24, 2.45) is 4.99 Å². The van der Waals surface area contributed by atoms with Gasteiger partial charge in [0, 0.05) is 28.4 Å². The molecule has 0 aliphatic rings. The third-order valence-corrected chi connectivity index (χ3v) is 4.08. The number of ether oxygens (including phenoxy) is 2. The van der Waals surface area contributed by atoms with Crippen molar-refractivity contribution in [1.29, 1.82) is 0 Å². The molecule has 0 bridgehead atoms. The number of rotatable bonds is 7. The summed E-state index contributed by atoms with van der Waals surface area (Å²) in [5, 5.41) is 10.2. The smallest absolute Gasteiger partial charge is 0.219 e. The van der Waals surface area contributed by atoms with Crippen molar-refractivity contribution < 1.29 is 14.7 Å². The summed E-state index contributed by atoms with van der Waals surface area (Å²) in [6, 6.07) is 18.0. The molecule has 0 unspecified atom stereocenters. The molecule has 7 heteroatoms. The van der Waals surface area contributed by atoms with Crippen LogP contribution in [-0.2, 0) is 6.54 Å². The molecular weight excluding hydrogens is 378 g/mol. The van der Waals surface area contributed by atoms with Crippen molar-refractivity contribution in [1.82, 2.24) is 10.5 Å². The maximum Gasteiger partial charge on any atom is 0.219 e. The first kappa shape index (κ1) is 19.7. The summed E-state index contributed by atoms with van der Waals surface area (Å²) in [4.78, 5) is 8.65. The Bertz CT molecular complexity index is 946. The molecule has 6 nitrogen and oxygen atoms in total. The molecule has 1 aromatic heterocycles. The highest BCUT2D eigenvalue weighted by Gasteiger charge is 2.08. The second-order valence-electron chi connectivity index (χ2n) is 5.76. The van der Waals surface area contributed by atoms with Crippen LogP contribution >= 0.6 is 11.6 Å². The number of amidine groups is 1. The Kier molecular flexibility index (Phi) is 6.84. The number of hydrogen-bond donors (Lipinski definition) is 2. The van der Waals surface area contributed by atoms with E-state index in [9.17, 15) is 5.21 Å². The van der Waals surface area contributed by atoms with E-state index >= 15 is 0 Å². The highest BCUT2D eigenvalue weighted by molar-refractivity contribution is 6.30. The van der Waals surface area contributed by atoms with Gasteiger partial charge in [-0.05, 0) is 43.3 Å². The van der Waals surface area contributed by atoms with Crippen molar-refractivity contribution in [3.8, 4) is 17.4 Å². The summed E-state index contributed by atoms with van der Waals surface area (Å²) in [6.07, 6.45) is 1.58. The molecule has 1 heterocycles.